The predicted octanol–water partition coefficient (Wildman–Crippen LogP) is 4.38. The van der Waals surface area contributed by atoms with Crippen molar-refractivity contribution in [2.75, 3.05) is 7.11 Å². The van der Waals surface area contributed by atoms with E-state index in [1.807, 2.05) is 31.2 Å². The minimum atomic E-state index is -0.273. The predicted molar refractivity (Wildman–Crippen MR) is 121 cm³/mol. The number of aryl methyl sites for hydroxylation is 1. The summed E-state index contributed by atoms with van der Waals surface area (Å²) < 4.78 is 11.4. The highest BCUT2D eigenvalue weighted by Gasteiger charge is 2.59. The van der Waals surface area contributed by atoms with E-state index >= 15 is 0 Å². The number of halogens is 1. The SMILES string of the molecule is COc1cc(C=NN2C(=O)C3C4C=CC(C4)C3C2=O)cc(Cl)c1OCc1cccc(C)c1. The van der Waals surface area contributed by atoms with Crippen molar-refractivity contribution in [2.45, 2.75) is 20.0 Å². The highest BCUT2D eigenvalue weighted by molar-refractivity contribution is 6.32. The van der Waals surface area contributed by atoms with Gasteiger partial charge in [-0.1, -0.05) is 53.6 Å². The highest BCUT2D eigenvalue weighted by Crippen LogP contribution is 2.52. The molecule has 2 aliphatic carbocycles. The van der Waals surface area contributed by atoms with Crippen molar-refractivity contribution in [3.05, 3.63) is 70.3 Å². The van der Waals surface area contributed by atoms with Gasteiger partial charge in [-0.05, 0) is 48.4 Å². The van der Waals surface area contributed by atoms with E-state index in [0.717, 1.165) is 22.6 Å². The molecule has 4 atom stereocenters. The second-order valence-corrected chi connectivity index (χ2v) is 8.95. The normalized spacial score (nSPS) is 25.8. The molecule has 2 amide bonds. The molecule has 164 valence electrons. The van der Waals surface area contributed by atoms with E-state index in [-0.39, 0.29) is 35.5 Å². The van der Waals surface area contributed by atoms with Gasteiger partial charge in [-0.3, -0.25) is 9.59 Å². The summed E-state index contributed by atoms with van der Waals surface area (Å²) in [7, 11) is 1.53. The molecule has 2 aromatic rings. The van der Waals surface area contributed by atoms with E-state index in [0.29, 0.717) is 28.7 Å². The number of hydrogen-bond acceptors (Lipinski definition) is 5. The molecule has 0 N–H and O–H groups in total. The molecule has 1 aliphatic heterocycles. The number of nitrogens with zero attached hydrogens (tertiary/aromatic N) is 2. The van der Waals surface area contributed by atoms with Gasteiger partial charge in [0.2, 0.25) is 0 Å². The fraction of sp³-hybridized carbons (Fsp3) is 0.320. The van der Waals surface area contributed by atoms with Crippen LogP contribution in [0.2, 0.25) is 5.02 Å². The van der Waals surface area contributed by atoms with Crippen molar-refractivity contribution in [3.63, 3.8) is 0 Å². The summed E-state index contributed by atoms with van der Waals surface area (Å²) in [4.78, 5) is 25.6. The molecular formula is C25H23ClN2O4. The second kappa shape index (κ2) is 8.10. The summed E-state index contributed by atoms with van der Waals surface area (Å²) in [5.41, 5.74) is 2.77. The summed E-state index contributed by atoms with van der Waals surface area (Å²) in [5.74, 6) is 0.203. The van der Waals surface area contributed by atoms with Crippen LogP contribution in [0.5, 0.6) is 11.5 Å². The first kappa shape index (κ1) is 20.8. The van der Waals surface area contributed by atoms with Crippen molar-refractivity contribution in [2.24, 2.45) is 28.8 Å². The van der Waals surface area contributed by atoms with Crippen LogP contribution in [0.1, 0.15) is 23.1 Å². The largest absolute Gasteiger partial charge is 0.493 e. The minimum Gasteiger partial charge on any atom is -0.493 e. The number of methoxy groups -OCH3 is 1. The number of hydrazone groups is 1. The molecule has 2 fully saturated rings. The van der Waals surface area contributed by atoms with Gasteiger partial charge >= 0.3 is 0 Å². The highest BCUT2D eigenvalue weighted by atomic mass is 35.5. The molecule has 1 saturated carbocycles. The van der Waals surface area contributed by atoms with E-state index in [1.54, 1.807) is 12.1 Å². The number of rotatable bonds is 6. The first-order valence-corrected chi connectivity index (χ1v) is 11.0. The van der Waals surface area contributed by atoms with Gasteiger partial charge in [0.05, 0.1) is 30.2 Å². The molecule has 2 aromatic carbocycles. The van der Waals surface area contributed by atoms with Crippen LogP contribution in [0.15, 0.2) is 53.7 Å². The van der Waals surface area contributed by atoms with Crippen LogP contribution in [-0.2, 0) is 16.2 Å². The number of allylic oxidation sites excluding steroid dienone is 2. The Kier molecular flexibility index (Phi) is 5.25. The molecule has 0 spiro atoms. The fourth-order valence-corrected chi connectivity index (χ4v) is 5.31. The van der Waals surface area contributed by atoms with Crippen molar-refractivity contribution < 1.29 is 19.1 Å². The Hall–Kier alpha value is -3.12. The smallest absolute Gasteiger partial charge is 0.254 e. The average molecular weight is 451 g/mol. The molecule has 1 heterocycles. The minimum absolute atomic E-state index is 0.154. The summed E-state index contributed by atoms with van der Waals surface area (Å²) in [6.07, 6.45) is 6.47. The molecule has 5 rings (SSSR count). The first-order valence-electron chi connectivity index (χ1n) is 10.6. The van der Waals surface area contributed by atoms with Gasteiger partial charge in [-0.2, -0.15) is 10.1 Å². The van der Waals surface area contributed by atoms with Gasteiger partial charge < -0.3 is 9.47 Å². The first-order chi connectivity index (χ1) is 15.5. The maximum absolute atomic E-state index is 12.8. The molecule has 3 aliphatic rings. The zero-order valence-electron chi connectivity index (χ0n) is 17.8. The Morgan fingerprint density at radius 1 is 1.12 bits per heavy atom. The van der Waals surface area contributed by atoms with Gasteiger partial charge in [0.1, 0.15) is 6.61 Å². The molecule has 2 bridgehead atoms. The lowest BCUT2D eigenvalue weighted by Gasteiger charge is -2.14. The van der Waals surface area contributed by atoms with Crippen LogP contribution in [0, 0.1) is 30.6 Å². The zero-order valence-corrected chi connectivity index (χ0v) is 18.6. The summed E-state index contributed by atoms with van der Waals surface area (Å²) in [5, 5.41) is 5.59. The van der Waals surface area contributed by atoms with Gasteiger partial charge in [-0.25, -0.2) is 0 Å². The third-order valence-electron chi connectivity index (χ3n) is 6.49. The summed E-state index contributed by atoms with van der Waals surface area (Å²) >= 11 is 6.47. The maximum Gasteiger partial charge on any atom is 0.254 e. The number of hydrogen-bond donors (Lipinski definition) is 0. The van der Waals surface area contributed by atoms with Crippen LogP contribution in [0.25, 0.3) is 0 Å². The van der Waals surface area contributed by atoms with Crippen molar-refractivity contribution in [1.82, 2.24) is 5.01 Å². The van der Waals surface area contributed by atoms with E-state index in [2.05, 4.69) is 17.3 Å². The van der Waals surface area contributed by atoms with Crippen LogP contribution < -0.4 is 9.47 Å². The lowest BCUT2D eigenvalue weighted by atomic mass is 9.85. The summed E-state index contributed by atoms with van der Waals surface area (Å²) in [6, 6.07) is 11.4. The van der Waals surface area contributed by atoms with Crippen molar-refractivity contribution in [1.29, 1.82) is 0 Å². The van der Waals surface area contributed by atoms with Gasteiger partial charge in [0.25, 0.3) is 11.8 Å². The molecule has 1 saturated heterocycles. The topological polar surface area (TPSA) is 68.2 Å². The third-order valence-corrected chi connectivity index (χ3v) is 6.77. The van der Waals surface area contributed by atoms with E-state index in [4.69, 9.17) is 21.1 Å². The van der Waals surface area contributed by atoms with Crippen molar-refractivity contribution in [3.8, 4) is 11.5 Å². The fourth-order valence-electron chi connectivity index (χ4n) is 5.04. The molecule has 7 heteroatoms. The lowest BCUT2D eigenvalue weighted by molar-refractivity contribution is -0.140. The van der Waals surface area contributed by atoms with Gasteiger partial charge in [0, 0.05) is 0 Å². The zero-order chi connectivity index (χ0) is 22.4. The maximum atomic E-state index is 12.8. The van der Waals surface area contributed by atoms with Gasteiger partial charge in [-0.15, -0.1) is 0 Å². The van der Waals surface area contributed by atoms with Crippen LogP contribution in [-0.4, -0.2) is 30.1 Å². The van der Waals surface area contributed by atoms with Gasteiger partial charge in [0.15, 0.2) is 11.5 Å². The van der Waals surface area contributed by atoms with E-state index in [9.17, 15) is 9.59 Å². The molecule has 32 heavy (non-hydrogen) atoms. The number of imide groups is 1. The molecular weight excluding hydrogens is 428 g/mol. The molecule has 0 aromatic heterocycles. The third kappa shape index (κ3) is 3.48. The number of fused-ring (bicyclic) bond motifs is 5. The average Bonchev–Trinajstić information content (AvgIpc) is 3.45. The van der Waals surface area contributed by atoms with E-state index in [1.165, 1.54) is 13.3 Å². The Balaban J connectivity index is 1.33. The van der Waals surface area contributed by atoms with Crippen LogP contribution >= 0.6 is 11.6 Å². The molecule has 6 nitrogen and oxygen atoms in total. The number of carbonyl (C=O) groups excluding carboxylic acids is 2. The van der Waals surface area contributed by atoms with Crippen molar-refractivity contribution >= 4 is 29.6 Å². The Labute approximate surface area is 191 Å². The summed E-state index contributed by atoms with van der Waals surface area (Å²) in [6.45, 7) is 2.37. The second-order valence-electron chi connectivity index (χ2n) is 8.54. The Morgan fingerprint density at radius 2 is 1.84 bits per heavy atom. The Bertz CT molecular complexity index is 1130. The quantitative estimate of drug-likeness (QED) is 0.372. The number of amides is 2. The molecule has 4 unspecified atom stereocenters. The Morgan fingerprint density at radius 3 is 2.50 bits per heavy atom. The lowest BCUT2D eigenvalue weighted by Crippen LogP contribution is -2.28. The monoisotopic (exact) mass is 450 g/mol. The number of benzene rings is 2. The standard InChI is InChI=1S/C25H23ClN2O4/c1-14-4-3-5-15(8-14)13-32-23-19(26)9-16(10-20(23)31-2)12-27-28-24(29)21-17-6-7-18(11-17)22(21)25(28)30/h3-10,12,17-18,21-22H,11,13H2,1-2H3. The van der Waals surface area contributed by atoms with Crippen LogP contribution in [0.3, 0.4) is 0 Å². The number of carbonyl (C=O) groups is 2. The number of ether oxygens (including phenoxy) is 2. The molecule has 0 radical (unpaired) electrons. The van der Waals surface area contributed by atoms with E-state index < -0.39 is 0 Å². The van der Waals surface area contributed by atoms with Crippen LogP contribution in [0.4, 0.5) is 0 Å².